The number of nitrogens with one attached hydrogen (secondary N) is 1. The van der Waals surface area contributed by atoms with E-state index < -0.39 is 0 Å². The lowest BCUT2D eigenvalue weighted by Crippen LogP contribution is -2.15. The van der Waals surface area contributed by atoms with Crippen molar-refractivity contribution in [3.8, 4) is 17.1 Å². The number of aromatic nitrogens is 4. The second kappa shape index (κ2) is 7.25. The Morgan fingerprint density at radius 3 is 2.70 bits per heavy atom. The molecule has 7 heteroatoms. The number of pyridine rings is 1. The van der Waals surface area contributed by atoms with Crippen LogP contribution >= 0.6 is 0 Å². The van der Waals surface area contributed by atoms with Gasteiger partial charge in [0.05, 0.1) is 18.0 Å². The fraction of sp³-hybridized carbons (Fsp3) is 0.100. The summed E-state index contributed by atoms with van der Waals surface area (Å²) in [5, 5.41) is 10.7. The predicted octanol–water partition coefficient (Wildman–Crippen LogP) is 3.44. The van der Waals surface area contributed by atoms with E-state index in [1.807, 2.05) is 66.2 Å². The summed E-state index contributed by atoms with van der Waals surface area (Å²) in [6.45, 7) is 2.35. The topological polar surface area (TPSA) is 81.4 Å². The first-order valence-electron chi connectivity index (χ1n) is 8.55. The summed E-state index contributed by atoms with van der Waals surface area (Å²) in [6.07, 6.45) is 3.86. The molecule has 0 fully saturated rings. The molecule has 4 rings (SSSR count). The third-order valence-electron chi connectivity index (χ3n) is 3.98. The molecule has 0 saturated heterocycles. The average molecular weight is 359 g/mol. The quantitative estimate of drug-likeness (QED) is 0.590. The van der Waals surface area contributed by atoms with Crippen molar-refractivity contribution in [3.63, 3.8) is 0 Å². The Bertz CT molecular complexity index is 1060. The molecule has 0 bridgehead atoms. The zero-order chi connectivity index (χ0) is 18.6. The molecule has 0 aliphatic carbocycles. The number of hydrogen-bond donors (Lipinski definition) is 1. The number of rotatable bonds is 5. The van der Waals surface area contributed by atoms with Crippen molar-refractivity contribution in [2.75, 3.05) is 11.9 Å². The van der Waals surface area contributed by atoms with Crippen molar-refractivity contribution >= 4 is 17.2 Å². The largest absolute Gasteiger partial charge is 0.477 e. The van der Waals surface area contributed by atoms with Crippen LogP contribution in [0.3, 0.4) is 0 Å². The molecule has 134 valence electrons. The molecular formula is C20H17N5O2. The first-order valence-corrected chi connectivity index (χ1v) is 8.55. The summed E-state index contributed by atoms with van der Waals surface area (Å²) in [5.41, 5.74) is 3.30. The van der Waals surface area contributed by atoms with E-state index in [1.165, 1.54) is 0 Å². The first kappa shape index (κ1) is 16.7. The molecule has 0 saturated carbocycles. The number of amides is 1. The maximum atomic E-state index is 12.6. The summed E-state index contributed by atoms with van der Waals surface area (Å²) in [4.78, 5) is 17.2. The van der Waals surface area contributed by atoms with E-state index in [9.17, 15) is 4.79 Å². The van der Waals surface area contributed by atoms with Crippen molar-refractivity contribution in [3.05, 3.63) is 72.7 Å². The summed E-state index contributed by atoms with van der Waals surface area (Å²) >= 11 is 0. The van der Waals surface area contributed by atoms with Crippen LogP contribution in [0.5, 0.6) is 5.88 Å². The molecule has 0 aliphatic heterocycles. The zero-order valence-electron chi connectivity index (χ0n) is 14.7. The Morgan fingerprint density at radius 2 is 1.93 bits per heavy atom. The van der Waals surface area contributed by atoms with E-state index >= 15 is 0 Å². The number of benzene rings is 1. The van der Waals surface area contributed by atoms with Crippen molar-refractivity contribution in [2.24, 2.45) is 0 Å². The minimum atomic E-state index is -0.346. The van der Waals surface area contributed by atoms with Gasteiger partial charge in [0.15, 0.2) is 5.69 Å². The number of hydrogen-bond acceptors (Lipinski definition) is 5. The van der Waals surface area contributed by atoms with Gasteiger partial charge in [-0.25, -0.2) is 4.98 Å². The van der Waals surface area contributed by atoms with Crippen LogP contribution in [0.25, 0.3) is 16.9 Å². The minimum absolute atomic E-state index is 0.211. The lowest BCUT2D eigenvalue weighted by atomic mass is 10.1. The number of fused-ring (bicyclic) bond motifs is 1. The van der Waals surface area contributed by atoms with Crippen LogP contribution in [-0.2, 0) is 0 Å². The zero-order valence-corrected chi connectivity index (χ0v) is 14.7. The van der Waals surface area contributed by atoms with E-state index in [2.05, 4.69) is 20.5 Å². The fourth-order valence-electron chi connectivity index (χ4n) is 2.73. The van der Waals surface area contributed by atoms with Gasteiger partial charge in [0.1, 0.15) is 5.65 Å². The van der Waals surface area contributed by atoms with Crippen LogP contribution in [0.15, 0.2) is 67.0 Å². The molecule has 0 spiro atoms. The van der Waals surface area contributed by atoms with Crippen molar-refractivity contribution in [1.29, 1.82) is 0 Å². The van der Waals surface area contributed by atoms with Crippen LogP contribution < -0.4 is 10.1 Å². The van der Waals surface area contributed by atoms with Crippen molar-refractivity contribution in [1.82, 2.24) is 19.6 Å². The highest BCUT2D eigenvalue weighted by atomic mass is 16.5. The molecule has 0 atom stereocenters. The van der Waals surface area contributed by atoms with Crippen LogP contribution in [0.4, 0.5) is 5.69 Å². The van der Waals surface area contributed by atoms with Crippen LogP contribution in [0.2, 0.25) is 0 Å². The predicted molar refractivity (Wildman–Crippen MR) is 102 cm³/mol. The number of para-hydroxylation sites is 1. The molecule has 27 heavy (non-hydrogen) atoms. The molecule has 0 radical (unpaired) electrons. The second-order valence-corrected chi connectivity index (χ2v) is 5.78. The lowest BCUT2D eigenvalue weighted by molar-refractivity contribution is 0.102. The Morgan fingerprint density at radius 1 is 1.07 bits per heavy atom. The second-order valence-electron chi connectivity index (χ2n) is 5.78. The maximum Gasteiger partial charge on any atom is 0.276 e. The third kappa shape index (κ3) is 3.48. The number of carbonyl (C=O) groups is 1. The van der Waals surface area contributed by atoms with Crippen LogP contribution in [-0.4, -0.2) is 32.1 Å². The number of imidazole rings is 1. The van der Waals surface area contributed by atoms with Gasteiger partial charge in [-0.3, -0.25) is 4.79 Å². The SMILES string of the molecule is CCOc1ccc(C(=O)Nc2ccccc2-c2cn3ccccc3n2)nn1. The molecule has 0 aliphatic rings. The number of anilines is 1. The van der Waals surface area contributed by atoms with Gasteiger partial charge in [0, 0.05) is 24.0 Å². The molecule has 3 heterocycles. The Balaban J connectivity index is 1.62. The Labute approximate surface area is 155 Å². The van der Waals surface area contributed by atoms with Crippen molar-refractivity contribution < 1.29 is 9.53 Å². The molecular weight excluding hydrogens is 342 g/mol. The normalized spacial score (nSPS) is 10.7. The maximum absolute atomic E-state index is 12.6. The Hall–Kier alpha value is -3.74. The van der Waals surface area contributed by atoms with E-state index in [0.717, 1.165) is 16.9 Å². The highest BCUT2D eigenvalue weighted by molar-refractivity contribution is 6.04. The van der Waals surface area contributed by atoms with Crippen molar-refractivity contribution in [2.45, 2.75) is 6.92 Å². The van der Waals surface area contributed by atoms with Gasteiger partial charge in [-0.15, -0.1) is 10.2 Å². The minimum Gasteiger partial charge on any atom is -0.477 e. The molecule has 0 unspecified atom stereocenters. The molecule has 1 N–H and O–H groups in total. The smallest absolute Gasteiger partial charge is 0.276 e. The highest BCUT2D eigenvalue weighted by Crippen LogP contribution is 2.27. The van der Waals surface area contributed by atoms with Crippen LogP contribution in [0.1, 0.15) is 17.4 Å². The Kier molecular flexibility index (Phi) is 4.49. The van der Waals surface area contributed by atoms with Gasteiger partial charge < -0.3 is 14.5 Å². The molecule has 7 nitrogen and oxygen atoms in total. The average Bonchev–Trinajstić information content (AvgIpc) is 3.13. The third-order valence-corrected chi connectivity index (χ3v) is 3.98. The van der Waals surface area contributed by atoms with Gasteiger partial charge >= 0.3 is 0 Å². The van der Waals surface area contributed by atoms with Gasteiger partial charge in [-0.05, 0) is 31.2 Å². The van der Waals surface area contributed by atoms with E-state index in [-0.39, 0.29) is 11.6 Å². The molecule has 4 aromatic rings. The molecule has 1 aromatic carbocycles. The number of ether oxygens (including phenoxy) is 1. The molecule has 1 amide bonds. The summed E-state index contributed by atoms with van der Waals surface area (Å²) in [7, 11) is 0. The van der Waals surface area contributed by atoms with E-state index in [0.29, 0.717) is 18.2 Å². The summed E-state index contributed by atoms with van der Waals surface area (Å²) < 4.78 is 7.19. The monoisotopic (exact) mass is 359 g/mol. The van der Waals surface area contributed by atoms with Crippen LogP contribution in [0, 0.1) is 0 Å². The lowest BCUT2D eigenvalue weighted by Gasteiger charge is -2.09. The molecule has 3 aromatic heterocycles. The highest BCUT2D eigenvalue weighted by Gasteiger charge is 2.14. The van der Waals surface area contributed by atoms with E-state index in [1.54, 1.807) is 12.1 Å². The number of carbonyl (C=O) groups excluding carboxylic acids is 1. The van der Waals surface area contributed by atoms with Gasteiger partial charge in [0.25, 0.3) is 5.91 Å². The summed E-state index contributed by atoms with van der Waals surface area (Å²) in [5.74, 6) is 0.0425. The number of nitrogens with zero attached hydrogens (tertiary/aromatic N) is 4. The standard InChI is InChI=1S/C20H17N5O2/c1-2-27-19-11-10-16(23-24-19)20(26)22-15-8-4-3-7-14(15)17-13-25-12-6-5-9-18(25)21-17/h3-13H,2H2,1H3,(H,22,26). The van der Waals surface area contributed by atoms with Gasteiger partial charge in [0.2, 0.25) is 5.88 Å². The van der Waals surface area contributed by atoms with Gasteiger partial charge in [-0.2, -0.15) is 0 Å². The first-order chi connectivity index (χ1) is 13.2. The van der Waals surface area contributed by atoms with Gasteiger partial charge in [-0.1, -0.05) is 24.3 Å². The fourth-order valence-corrected chi connectivity index (χ4v) is 2.73. The van der Waals surface area contributed by atoms with E-state index in [4.69, 9.17) is 4.74 Å². The summed E-state index contributed by atoms with van der Waals surface area (Å²) in [6, 6.07) is 16.5.